The summed E-state index contributed by atoms with van der Waals surface area (Å²) in [5.74, 6) is 1.24. The van der Waals surface area contributed by atoms with Crippen molar-refractivity contribution in [1.82, 2.24) is 15.5 Å². The summed E-state index contributed by atoms with van der Waals surface area (Å²) >= 11 is 7.53. The molecule has 2 aromatic heterocycles. The van der Waals surface area contributed by atoms with E-state index in [1.54, 1.807) is 11.3 Å². The van der Waals surface area contributed by atoms with Crippen molar-refractivity contribution < 1.29 is 4.52 Å². The van der Waals surface area contributed by atoms with Crippen LogP contribution in [0.2, 0.25) is 5.02 Å². The number of aromatic nitrogens is 2. The lowest BCUT2D eigenvalue weighted by Gasteiger charge is -2.16. The number of nitrogens with zero attached hydrogens (tertiary/aromatic N) is 2. The molecule has 0 saturated carbocycles. The Hall–Kier alpha value is -1.69. The topological polar surface area (TPSA) is 51.0 Å². The predicted octanol–water partition coefficient (Wildman–Crippen LogP) is 4.69. The molecule has 0 unspecified atom stereocenters. The van der Waals surface area contributed by atoms with Crippen LogP contribution in [0.3, 0.4) is 0 Å². The van der Waals surface area contributed by atoms with Crippen LogP contribution in [0.25, 0.3) is 10.7 Å². The number of hydrogen-bond donors (Lipinski definition) is 1. The lowest BCUT2D eigenvalue weighted by atomic mass is 10.0. The van der Waals surface area contributed by atoms with Gasteiger partial charge in [-0.15, -0.1) is 11.3 Å². The van der Waals surface area contributed by atoms with Gasteiger partial charge in [0.2, 0.25) is 11.7 Å². The Morgan fingerprint density at radius 2 is 2.09 bits per heavy atom. The van der Waals surface area contributed by atoms with E-state index in [1.807, 2.05) is 41.8 Å². The highest BCUT2D eigenvalue weighted by Crippen LogP contribution is 2.22. The van der Waals surface area contributed by atoms with Gasteiger partial charge >= 0.3 is 0 Å². The molecule has 2 heterocycles. The minimum absolute atomic E-state index is 0.231. The maximum absolute atomic E-state index is 5.93. The number of nitrogens with one attached hydrogen (secondary N) is 1. The smallest absolute Gasteiger partial charge is 0.240 e. The fourth-order valence-electron chi connectivity index (χ4n) is 2.24. The van der Waals surface area contributed by atoms with E-state index in [2.05, 4.69) is 22.4 Å². The largest absolute Gasteiger partial charge is 0.338 e. The minimum Gasteiger partial charge on any atom is -0.338 e. The molecule has 0 spiro atoms. The van der Waals surface area contributed by atoms with Crippen molar-refractivity contribution in [1.29, 1.82) is 0 Å². The molecule has 4 nitrogen and oxygen atoms in total. The van der Waals surface area contributed by atoms with Crippen molar-refractivity contribution in [2.45, 2.75) is 25.9 Å². The average Bonchev–Trinajstić information content (AvgIpc) is 3.20. The van der Waals surface area contributed by atoms with Crippen molar-refractivity contribution in [3.05, 3.63) is 58.3 Å². The molecule has 3 rings (SSSR count). The maximum Gasteiger partial charge on any atom is 0.240 e. The van der Waals surface area contributed by atoms with Crippen molar-refractivity contribution in [2.75, 3.05) is 0 Å². The fraction of sp³-hybridized carbons (Fsp3) is 0.250. The summed E-state index contributed by atoms with van der Waals surface area (Å²) < 4.78 is 5.30. The zero-order valence-electron chi connectivity index (χ0n) is 12.1. The molecule has 0 aliphatic heterocycles. The van der Waals surface area contributed by atoms with Crippen molar-refractivity contribution >= 4 is 22.9 Å². The first-order valence-corrected chi connectivity index (χ1v) is 8.37. The predicted molar refractivity (Wildman–Crippen MR) is 88.9 cm³/mol. The maximum atomic E-state index is 5.93. The van der Waals surface area contributed by atoms with Crippen LogP contribution < -0.4 is 5.32 Å². The van der Waals surface area contributed by atoms with Crippen LogP contribution in [0.15, 0.2) is 46.3 Å². The highest BCUT2D eigenvalue weighted by molar-refractivity contribution is 7.13. The van der Waals surface area contributed by atoms with Crippen LogP contribution in [0.4, 0.5) is 0 Å². The van der Waals surface area contributed by atoms with Gasteiger partial charge in [0.15, 0.2) is 0 Å². The van der Waals surface area contributed by atoms with Crippen LogP contribution in [-0.4, -0.2) is 10.1 Å². The zero-order valence-corrected chi connectivity index (χ0v) is 13.7. The van der Waals surface area contributed by atoms with Gasteiger partial charge in [0.05, 0.1) is 11.4 Å². The van der Waals surface area contributed by atoms with E-state index in [1.165, 1.54) is 5.56 Å². The summed E-state index contributed by atoms with van der Waals surface area (Å²) in [4.78, 5) is 5.43. The molecule has 22 heavy (non-hydrogen) atoms. The summed E-state index contributed by atoms with van der Waals surface area (Å²) in [5, 5.41) is 10.2. The molecule has 1 N–H and O–H groups in total. The number of benzene rings is 1. The van der Waals surface area contributed by atoms with Crippen LogP contribution in [-0.2, 0) is 6.54 Å². The molecule has 0 fully saturated rings. The molecule has 6 heteroatoms. The highest BCUT2D eigenvalue weighted by atomic mass is 35.5. The first-order valence-electron chi connectivity index (χ1n) is 7.11. The molecule has 1 aromatic carbocycles. The van der Waals surface area contributed by atoms with Crippen molar-refractivity contribution in [3.8, 4) is 10.7 Å². The van der Waals surface area contributed by atoms with Crippen LogP contribution in [0.5, 0.6) is 0 Å². The lowest BCUT2D eigenvalue weighted by molar-refractivity contribution is 0.356. The highest BCUT2D eigenvalue weighted by Gasteiger charge is 2.13. The van der Waals surface area contributed by atoms with Crippen molar-refractivity contribution in [3.63, 3.8) is 0 Å². The van der Waals surface area contributed by atoms with E-state index in [0.29, 0.717) is 18.3 Å². The first kappa shape index (κ1) is 15.2. The van der Waals surface area contributed by atoms with Gasteiger partial charge in [-0.2, -0.15) is 4.98 Å². The number of halogens is 1. The molecule has 1 atom stereocenters. The van der Waals surface area contributed by atoms with E-state index in [0.717, 1.165) is 16.3 Å². The number of hydrogen-bond acceptors (Lipinski definition) is 5. The summed E-state index contributed by atoms with van der Waals surface area (Å²) in [7, 11) is 0. The van der Waals surface area contributed by atoms with E-state index in [4.69, 9.17) is 16.1 Å². The van der Waals surface area contributed by atoms with Gasteiger partial charge in [-0.1, -0.05) is 41.9 Å². The molecule has 0 aliphatic rings. The van der Waals surface area contributed by atoms with Gasteiger partial charge < -0.3 is 9.84 Å². The van der Waals surface area contributed by atoms with Gasteiger partial charge in [-0.05, 0) is 35.6 Å². The average molecular weight is 334 g/mol. The summed E-state index contributed by atoms with van der Waals surface area (Å²) in [6.07, 6.45) is 0.966. The Morgan fingerprint density at radius 3 is 2.77 bits per heavy atom. The molecule has 0 bridgehead atoms. The third-order valence-corrected chi connectivity index (χ3v) is 4.51. The standard InChI is InChI=1S/C16H16ClN3OS/c1-2-13(11-5-7-12(17)8-6-11)18-10-15-19-16(20-21-15)14-4-3-9-22-14/h3-9,13,18H,2,10H2,1H3/t13-/m0/s1. The first-order chi connectivity index (χ1) is 10.8. The lowest BCUT2D eigenvalue weighted by Crippen LogP contribution is -2.20. The van der Waals surface area contributed by atoms with E-state index in [-0.39, 0.29) is 6.04 Å². The molecular formula is C16H16ClN3OS. The van der Waals surface area contributed by atoms with Gasteiger partial charge in [-0.25, -0.2) is 0 Å². The Morgan fingerprint density at radius 1 is 1.27 bits per heavy atom. The molecule has 0 saturated heterocycles. The monoisotopic (exact) mass is 333 g/mol. The Kier molecular flexibility index (Phi) is 4.87. The third kappa shape index (κ3) is 3.55. The fourth-order valence-corrected chi connectivity index (χ4v) is 3.01. The Balaban J connectivity index is 1.64. The van der Waals surface area contributed by atoms with Crippen LogP contribution in [0, 0.1) is 0 Å². The van der Waals surface area contributed by atoms with Gasteiger partial charge in [-0.3, -0.25) is 0 Å². The van der Waals surface area contributed by atoms with Gasteiger partial charge in [0.1, 0.15) is 0 Å². The third-order valence-electron chi connectivity index (χ3n) is 3.39. The molecular weight excluding hydrogens is 318 g/mol. The summed E-state index contributed by atoms with van der Waals surface area (Å²) in [6.45, 7) is 2.68. The number of rotatable bonds is 6. The van der Waals surface area contributed by atoms with Crippen molar-refractivity contribution in [2.24, 2.45) is 0 Å². The van der Waals surface area contributed by atoms with Gasteiger partial charge in [0, 0.05) is 11.1 Å². The van der Waals surface area contributed by atoms with E-state index < -0.39 is 0 Å². The molecule has 0 aliphatic carbocycles. The molecule has 0 radical (unpaired) electrons. The van der Waals surface area contributed by atoms with Crippen LogP contribution >= 0.6 is 22.9 Å². The molecule has 3 aromatic rings. The summed E-state index contributed by atoms with van der Waals surface area (Å²) in [5.41, 5.74) is 1.20. The second kappa shape index (κ2) is 7.05. The number of thiophene rings is 1. The van der Waals surface area contributed by atoms with Crippen LogP contribution in [0.1, 0.15) is 30.8 Å². The quantitative estimate of drug-likeness (QED) is 0.710. The minimum atomic E-state index is 0.231. The zero-order chi connectivity index (χ0) is 15.4. The Bertz CT molecular complexity index is 709. The van der Waals surface area contributed by atoms with E-state index >= 15 is 0 Å². The second-order valence-electron chi connectivity index (χ2n) is 4.88. The Labute approximate surface area is 138 Å². The summed E-state index contributed by atoms with van der Waals surface area (Å²) in [6, 6.07) is 12.1. The van der Waals surface area contributed by atoms with Gasteiger partial charge in [0.25, 0.3) is 0 Å². The molecule has 114 valence electrons. The molecule has 0 amide bonds. The normalized spacial score (nSPS) is 12.5. The SMILES string of the molecule is CC[C@H](NCc1nc(-c2cccs2)no1)c1ccc(Cl)cc1. The van der Waals surface area contributed by atoms with E-state index in [9.17, 15) is 0 Å². The second-order valence-corrected chi connectivity index (χ2v) is 6.27.